The molecule has 0 spiro atoms. The minimum atomic E-state index is 0.823. The summed E-state index contributed by atoms with van der Waals surface area (Å²) in [5.74, 6) is 0. The smallest absolute Gasteiger partial charge is 0.114 e. The first-order chi connectivity index (χ1) is 5.79. The number of hydrogen-bond donors (Lipinski definition) is 0. The van der Waals surface area contributed by atoms with Crippen molar-refractivity contribution in [3.8, 4) is 0 Å². The van der Waals surface area contributed by atoms with Crippen LogP contribution in [0.5, 0.6) is 0 Å². The van der Waals surface area contributed by atoms with Gasteiger partial charge in [0.15, 0.2) is 0 Å². The van der Waals surface area contributed by atoms with Gasteiger partial charge in [0.05, 0.1) is 11.4 Å². The molecular weight excluding hydrogens is 152 g/mol. The first kappa shape index (κ1) is 7.09. The summed E-state index contributed by atoms with van der Waals surface area (Å²) in [6, 6.07) is 0. The van der Waals surface area contributed by atoms with Gasteiger partial charge in [-0.2, -0.15) is 10.2 Å². The average molecular weight is 160 g/mol. The molecule has 2 aromatic heterocycles. The van der Waals surface area contributed by atoms with Crippen molar-refractivity contribution in [2.24, 2.45) is 0 Å². The summed E-state index contributed by atoms with van der Waals surface area (Å²) in [6.45, 7) is 3.76. The Bertz CT molecular complexity index is 384. The van der Waals surface area contributed by atoms with E-state index < -0.39 is 0 Å². The summed E-state index contributed by atoms with van der Waals surface area (Å²) in [6.07, 6.45) is 3.33. The van der Waals surface area contributed by atoms with Gasteiger partial charge in [-0.25, -0.2) is 0 Å². The molecule has 2 aromatic rings. The van der Waals surface area contributed by atoms with Crippen molar-refractivity contribution in [1.29, 1.82) is 0 Å². The van der Waals surface area contributed by atoms with Crippen molar-refractivity contribution in [2.75, 3.05) is 0 Å². The number of hydrogen-bond acceptors (Lipinski definition) is 4. The van der Waals surface area contributed by atoms with Crippen LogP contribution in [0.15, 0.2) is 12.4 Å². The van der Waals surface area contributed by atoms with E-state index in [1.54, 1.807) is 12.4 Å². The van der Waals surface area contributed by atoms with E-state index in [0.29, 0.717) is 0 Å². The maximum Gasteiger partial charge on any atom is 0.114 e. The first-order valence-electron chi connectivity index (χ1n) is 3.69. The number of aryl methyl sites for hydroxylation is 2. The normalized spacial score (nSPS) is 10.5. The van der Waals surface area contributed by atoms with E-state index in [2.05, 4.69) is 20.2 Å². The molecule has 0 radical (unpaired) electrons. The molecule has 2 rings (SSSR count). The van der Waals surface area contributed by atoms with Gasteiger partial charge in [0.2, 0.25) is 0 Å². The minimum Gasteiger partial charge on any atom is -0.251 e. The Morgan fingerprint density at radius 2 is 1.25 bits per heavy atom. The van der Waals surface area contributed by atoms with E-state index in [9.17, 15) is 0 Å². The zero-order valence-electron chi connectivity index (χ0n) is 6.94. The zero-order valence-corrected chi connectivity index (χ0v) is 6.94. The maximum atomic E-state index is 4.18. The highest BCUT2D eigenvalue weighted by atomic mass is 15.1. The molecule has 4 heteroatoms. The van der Waals surface area contributed by atoms with Crippen molar-refractivity contribution in [3.05, 3.63) is 23.8 Å². The van der Waals surface area contributed by atoms with Crippen LogP contribution in [-0.2, 0) is 0 Å². The van der Waals surface area contributed by atoms with Crippen LogP contribution in [0, 0.1) is 13.8 Å². The summed E-state index contributed by atoms with van der Waals surface area (Å²) in [5.41, 5.74) is 3.32. The zero-order chi connectivity index (χ0) is 8.55. The average Bonchev–Trinajstić information content (AvgIpc) is 2.12. The van der Waals surface area contributed by atoms with Crippen LogP contribution in [0.2, 0.25) is 0 Å². The Morgan fingerprint density at radius 3 is 1.67 bits per heavy atom. The Morgan fingerprint density at radius 1 is 0.833 bits per heavy atom. The van der Waals surface area contributed by atoms with Gasteiger partial charge in [-0.3, -0.25) is 9.97 Å². The summed E-state index contributed by atoms with van der Waals surface area (Å²) >= 11 is 0. The quantitative estimate of drug-likeness (QED) is 0.577. The third-order valence-electron chi connectivity index (χ3n) is 1.73. The van der Waals surface area contributed by atoms with Gasteiger partial charge in [0.25, 0.3) is 0 Å². The Kier molecular flexibility index (Phi) is 1.46. The van der Waals surface area contributed by atoms with Crippen LogP contribution in [0.3, 0.4) is 0 Å². The van der Waals surface area contributed by atoms with Crippen molar-refractivity contribution >= 4 is 11.0 Å². The van der Waals surface area contributed by atoms with Gasteiger partial charge in [-0.1, -0.05) is 0 Å². The Labute approximate surface area is 69.7 Å². The highest BCUT2D eigenvalue weighted by Crippen LogP contribution is 2.11. The summed E-state index contributed by atoms with van der Waals surface area (Å²) in [5, 5.41) is 7.91. The van der Waals surface area contributed by atoms with E-state index in [-0.39, 0.29) is 0 Å². The van der Waals surface area contributed by atoms with Crippen LogP contribution in [0.1, 0.15) is 11.4 Å². The topological polar surface area (TPSA) is 51.6 Å². The van der Waals surface area contributed by atoms with Crippen LogP contribution in [-0.4, -0.2) is 20.2 Å². The first-order valence-corrected chi connectivity index (χ1v) is 3.69. The van der Waals surface area contributed by atoms with E-state index in [1.807, 2.05) is 13.8 Å². The lowest BCUT2D eigenvalue weighted by Crippen LogP contribution is -1.96. The van der Waals surface area contributed by atoms with Crippen molar-refractivity contribution in [1.82, 2.24) is 20.2 Å². The molecular formula is C8H8N4. The molecule has 0 saturated carbocycles. The molecule has 60 valence electrons. The number of fused-ring (bicyclic) bond motifs is 1. The third-order valence-corrected chi connectivity index (χ3v) is 1.73. The molecule has 0 atom stereocenters. The van der Waals surface area contributed by atoms with Crippen LogP contribution in [0.25, 0.3) is 11.0 Å². The fraction of sp³-hybridized carbons (Fsp3) is 0.250. The van der Waals surface area contributed by atoms with Gasteiger partial charge < -0.3 is 0 Å². The summed E-state index contributed by atoms with van der Waals surface area (Å²) < 4.78 is 0. The SMILES string of the molecule is Cc1nnc(C)c2nccnc12. The second-order valence-corrected chi connectivity index (χ2v) is 2.62. The van der Waals surface area contributed by atoms with Crippen molar-refractivity contribution in [3.63, 3.8) is 0 Å². The molecule has 0 aliphatic rings. The molecule has 0 bridgehead atoms. The molecule has 2 heterocycles. The molecule has 0 aromatic carbocycles. The van der Waals surface area contributed by atoms with E-state index in [0.717, 1.165) is 22.4 Å². The standard InChI is InChI=1S/C8H8N4/c1-5-7-8(6(2)12-11-5)10-4-3-9-7/h3-4H,1-2H3. The van der Waals surface area contributed by atoms with Crippen molar-refractivity contribution in [2.45, 2.75) is 13.8 Å². The van der Waals surface area contributed by atoms with Crippen LogP contribution < -0.4 is 0 Å². The second kappa shape index (κ2) is 2.48. The fourth-order valence-electron chi connectivity index (χ4n) is 1.11. The lowest BCUT2D eigenvalue weighted by atomic mass is 10.3. The highest BCUT2D eigenvalue weighted by molar-refractivity contribution is 5.77. The van der Waals surface area contributed by atoms with E-state index in [4.69, 9.17) is 0 Å². The molecule has 0 unspecified atom stereocenters. The maximum absolute atomic E-state index is 4.18. The molecule has 0 aliphatic carbocycles. The lowest BCUT2D eigenvalue weighted by molar-refractivity contribution is 0.950. The summed E-state index contributed by atoms with van der Waals surface area (Å²) in [7, 11) is 0. The summed E-state index contributed by atoms with van der Waals surface area (Å²) in [4.78, 5) is 8.35. The third kappa shape index (κ3) is 0.922. The van der Waals surface area contributed by atoms with Gasteiger partial charge in [-0.15, -0.1) is 0 Å². The van der Waals surface area contributed by atoms with Crippen LogP contribution >= 0.6 is 0 Å². The van der Waals surface area contributed by atoms with Gasteiger partial charge in [0, 0.05) is 12.4 Å². The van der Waals surface area contributed by atoms with Crippen molar-refractivity contribution < 1.29 is 0 Å². The minimum absolute atomic E-state index is 0.823. The Hall–Kier alpha value is -1.58. The van der Waals surface area contributed by atoms with Crippen LogP contribution in [0.4, 0.5) is 0 Å². The van der Waals surface area contributed by atoms with Gasteiger partial charge in [0.1, 0.15) is 11.0 Å². The second-order valence-electron chi connectivity index (χ2n) is 2.62. The predicted octanol–water partition coefficient (Wildman–Crippen LogP) is 1.04. The lowest BCUT2D eigenvalue weighted by Gasteiger charge is -1.99. The monoisotopic (exact) mass is 160 g/mol. The molecule has 0 fully saturated rings. The largest absolute Gasteiger partial charge is 0.251 e. The number of nitrogens with zero attached hydrogens (tertiary/aromatic N) is 4. The molecule has 0 N–H and O–H groups in total. The van der Waals surface area contributed by atoms with E-state index >= 15 is 0 Å². The molecule has 4 nitrogen and oxygen atoms in total. The highest BCUT2D eigenvalue weighted by Gasteiger charge is 2.03. The fourth-order valence-corrected chi connectivity index (χ4v) is 1.11. The predicted molar refractivity (Wildman–Crippen MR) is 44.6 cm³/mol. The van der Waals surface area contributed by atoms with E-state index in [1.165, 1.54) is 0 Å². The molecule has 12 heavy (non-hydrogen) atoms. The molecule has 0 saturated heterocycles. The van der Waals surface area contributed by atoms with Gasteiger partial charge >= 0.3 is 0 Å². The molecule has 0 aliphatic heterocycles. The number of aromatic nitrogens is 4. The molecule has 0 amide bonds. The Balaban J connectivity index is 2.95. The van der Waals surface area contributed by atoms with Gasteiger partial charge in [-0.05, 0) is 13.8 Å². The number of rotatable bonds is 0.